The number of Topliss-reactive ketones (excluding diaryl/α,β-unsaturated/α-hetero) is 1. The molecular weight excluding hydrogens is 378 g/mol. The molecule has 0 aliphatic rings. The first kappa shape index (κ1) is 20.1. The zero-order chi connectivity index (χ0) is 21.1. The third kappa shape index (κ3) is 3.96. The van der Waals surface area contributed by atoms with Gasteiger partial charge in [0.1, 0.15) is 11.1 Å². The Morgan fingerprint density at radius 1 is 1.07 bits per heavy atom. The van der Waals surface area contributed by atoms with Crippen LogP contribution in [0.5, 0.6) is 0 Å². The summed E-state index contributed by atoms with van der Waals surface area (Å²) in [5.41, 5.74) is 0.494. The van der Waals surface area contributed by atoms with E-state index >= 15 is 0 Å². The van der Waals surface area contributed by atoms with Gasteiger partial charge in [0, 0.05) is 11.1 Å². The van der Waals surface area contributed by atoms with Gasteiger partial charge >= 0.3 is 17.6 Å². The van der Waals surface area contributed by atoms with Crippen LogP contribution in [0.15, 0.2) is 39.5 Å². The summed E-state index contributed by atoms with van der Waals surface area (Å²) in [5, 5.41) is 0.556. The lowest BCUT2D eigenvalue weighted by molar-refractivity contribution is 0.0468. The van der Waals surface area contributed by atoms with E-state index in [1.165, 1.54) is 6.07 Å². The van der Waals surface area contributed by atoms with Gasteiger partial charge in [-0.25, -0.2) is 14.4 Å². The van der Waals surface area contributed by atoms with Gasteiger partial charge in [-0.3, -0.25) is 4.79 Å². The number of carbonyl (C=O) groups excluding carboxylic acids is 3. The predicted molar refractivity (Wildman–Crippen MR) is 103 cm³/mol. The van der Waals surface area contributed by atoms with E-state index in [2.05, 4.69) is 4.98 Å². The summed E-state index contributed by atoms with van der Waals surface area (Å²) in [6, 6.07) is 8.08. The summed E-state index contributed by atoms with van der Waals surface area (Å²) in [7, 11) is 0. The van der Waals surface area contributed by atoms with Gasteiger partial charge in [0.25, 0.3) is 0 Å². The van der Waals surface area contributed by atoms with Crippen LogP contribution in [0.3, 0.4) is 0 Å². The van der Waals surface area contributed by atoms with Crippen LogP contribution in [-0.2, 0) is 9.47 Å². The van der Waals surface area contributed by atoms with Gasteiger partial charge in [-0.2, -0.15) is 0 Å². The number of hydrogen-bond donors (Lipinski definition) is 1. The van der Waals surface area contributed by atoms with Crippen molar-refractivity contribution in [2.45, 2.75) is 20.8 Å². The Labute approximate surface area is 165 Å². The van der Waals surface area contributed by atoms with E-state index in [-0.39, 0.29) is 23.4 Å². The minimum atomic E-state index is -0.968. The van der Waals surface area contributed by atoms with Crippen molar-refractivity contribution in [3.8, 4) is 0 Å². The smallest absolute Gasteiger partial charge is 0.351 e. The van der Waals surface area contributed by atoms with Crippen molar-refractivity contribution < 1.29 is 28.3 Å². The molecule has 150 valence electrons. The molecule has 0 aliphatic carbocycles. The van der Waals surface area contributed by atoms with Crippen LogP contribution < -0.4 is 5.63 Å². The number of aromatic amines is 1. The number of nitrogens with one attached hydrogen (secondary N) is 1. The third-order valence-electron chi connectivity index (χ3n) is 4.39. The summed E-state index contributed by atoms with van der Waals surface area (Å²) < 4.78 is 15.1. The van der Waals surface area contributed by atoms with Gasteiger partial charge in [-0.1, -0.05) is 18.2 Å². The molecule has 29 heavy (non-hydrogen) atoms. The maximum Gasteiger partial charge on any atom is 0.351 e. The van der Waals surface area contributed by atoms with Crippen LogP contribution in [0, 0.1) is 13.8 Å². The van der Waals surface area contributed by atoms with Gasteiger partial charge in [0.2, 0.25) is 5.78 Å². The summed E-state index contributed by atoms with van der Waals surface area (Å²) in [4.78, 5) is 51.6. The molecule has 1 aromatic carbocycles. The van der Waals surface area contributed by atoms with Gasteiger partial charge < -0.3 is 18.9 Å². The lowest BCUT2D eigenvalue weighted by atomic mass is 10.1. The van der Waals surface area contributed by atoms with E-state index in [1.54, 1.807) is 45.0 Å². The van der Waals surface area contributed by atoms with Crippen molar-refractivity contribution in [3.05, 3.63) is 68.8 Å². The maximum atomic E-state index is 12.5. The zero-order valence-electron chi connectivity index (χ0n) is 16.2. The fraction of sp³-hybridized carbons (Fsp3) is 0.238. The highest BCUT2D eigenvalue weighted by molar-refractivity contribution is 6.03. The van der Waals surface area contributed by atoms with E-state index in [4.69, 9.17) is 13.9 Å². The molecule has 8 nitrogen and oxygen atoms in total. The van der Waals surface area contributed by atoms with Crippen molar-refractivity contribution in [1.29, 1.82) is 0 Å². The molecule has 8 heteroatoms. The van der Waals surface area contributed by atoms with E-state index in [0.29, 0.717) is 22.2 Å². The highest BCUT2D eigenvalue weighted by Crippen LogP contribution is 2.20. The normalized spacial score (nSPS) is 10.7. The Morgan fingerprint density at radius 2 is 1.79 bits per heavy atom. The second-order valence-corrected chi connectivity index (χ2v) is 6.33. The topological polar surface area (TPSA) is 116 Å². The molecule has 0 amide bonds. The van der Waals surface area contributed by atoms with Crippen LogP contribution in [0.25, 0.3) is 11.0 Å². The van der Waals surface area contributed by atoms with Gasteiger partial charge in [0.05, 0.1) is 17.9 Å². The fourth-order valence-electron chi connectivity index (χ4n) is 3.02. The van der Waals surface area contributed by atoms with Crippen molar-refractivity contribution >= 4 is 28.7 Å². The van der Waals surface area contributed by atoms with Crippen LogP contribution in [0.1, 0.15) is 49.4 Å². The Hall–Kier alpha value is -3.68. The summed E-state index contributed by atoms with van der Waals surface area (Å²) in [6.07, 6.45) is 0. The number of carbonyl (C=O) groups is 3. The zero-order valence-corrected chi connectivity index (χ0v) is 16.2. The molecule has 0 bridgehead atoms. The van der Waals surface area contributed by atoms with Crippen molar-refractivity contribution in [2.75, 3.05) is 13.2 Å². The monoisotopic (exact) mass is 397 g/mol. The van der Waals surface area contributed by atoms with Crippen molar-refractivity contribution in [1.82, 2.24) is 4.98 Å². The Balaban J connectivity index is 1.77. The second-order valence-electron chi connectivity index (χ2n) is 6.33. The van der Waals surface area contributed by atoms with Gasteiger partial charge in [-0.15, -0.1) is 0 Å². The highest BCUT2D eigenvalue weighted by Gasteiger charge is 2.24. The summed E-state index contributed by atoms with van der Waals surface area (Å²) >= 11 is 0. The Kier molecular flexibility index (Phi) is 5.63. The molecule has 0 radical (unpaired) electrons. The molecule has 3 aromatic rings. The molecule has 0 saturated carbocycles. The molecular formula is C21H19NO7. The molecule has 3 rings (SSSR count). The maximum absolute atomic E-state index is 12.5. The summed E-state index contributed by atoms with van der Waals surface area (Å²) in [6.45, 7) is 4.53. The predicted octanol–water partition coefficient (Wildman–Crippen LogP) is 2.95. The SMILES string of the molecule is CCOC(=O)c1c(C)[nH]c(C(=O)COC(=O)c2cc3ccccc3oc2=O)c1C. The average molecular weight is 397 g/mol. The highest BCUT2D eigenvalue weighted by atomic mass is 16.5. The standard InChI is InChI=1S/C21H19NO7/c1-4-27-21(26)17-11(2)18(22-12(17)3)15(23)10-28-19(24)14-9-13-7-5-6-8-16(13)29-20(14)25/h5-9,22H,4,10H2,1-3H3. The molecule has 2 aromatic heterocycles. The molecule has 2 heterocycles. The van der Waals surface area contributed by atoms with E-state index in [1.807, 2.05) is 0 Å². The third-order valence-corrected chi connectivity index (χ3v) is 4.39. The largest absolute Gasteiger partial charge is 0.462 e. The van der Waals surface area contributed by atoms with Gasteiger partial charge in [-0.05, 0) is 38.5 Å². The van der Waals surface area contributed by atoms with Crippen LogP contribution in [0.2, 0.25) is 0 Å². The van der Waals surface area contributed by atoms with Crippen molar-refractivity contribution in [2.24, 2.45) is 0 Å². The van der Waals surface area contributed by atoms with Crippen LogP contribution in [0.4, 0.5) is 0 Å². The number of ketones is 1. The van der Waals surface area contributed by atoms with E-state index in [9.17, 15) is 19.2 Å². The lowest BCUT2D eigenvalue weighted by Crippen LogP contribution is -2.20. The Morgan fingerprint density at radius 3 is 2.52 bits per heavy atom. The number of aryl methyl sites for hydroxylation is 1. The number of H-pyrrole nitrogens is 1. The molecule has 0 spiro atoms. The summed E-state index contributed by atoms with van der Waals surface area (Å²) in [5.74, 6) is -2.05. The number of esters is 2. The Bertz CT molecular complexity index is 1170. The molecule has 1 N–H and O–H groups in total. The fourth-order valence-corrected chi connectivity index (χ4v) is 3.02. The number of fused-ring (bicyclic) bond motifs is 1. The van der Waals surface area contributed by atoms with E-state index in [0.717, 1.165) is 0 Å². The second kappa shape index (κ2) is 8.14. The van der Waals surface area contributed by atoms with E-state index < -0.39 is 30.0 Å². The molecule has 0 saturated heterocycles. The number of para-hydroxylation sites is 1. The average Bonchev–Trinajstić information content (AvgIpc) is 2.99. The number of aromatic nitrogens is 1. The van der Waals surface area contributed by atoms with Crippen LogP contribution >= 0.6 is 0 Å². The minimum absolute atomic E-state index is 0.142. The number of hydrogen-bond acceptors (Lipinski definition) is 7. The molecule has 0 unspecified atom stereocenters. The minimum Gasteiger partial charge on any atom is -0.462 e. The first-order chi connectivity index (χ1) is 13.8. The first-order valence-electron chi connectivity index (χ1n) is 8.93. The lowest BCUT2D eigenvalue weighted by Gasteiger charge is -2.05. The number of rotatable bonds is 6. The van der Waals surface area contributed by atoms with Gasteiger partial charge in [0.15, 0.2) is 6.61 Å². The van der Waals surface area contributed by atoms with Crippen LogP contribution in [-0.4, -0.2) is 35.9 Å². The number of benzene rings is 1. The number of ether oxygens (including phenoxy) is 2. The van der Waals surface area contributed by atoms with Crippen molar-refractivity contribution in [3.63, 3.8) is 0 Å². The molecule has 0 fully saturated rings. The molecule has 0 aliphatic heterocycles. The quantitative estimate of drug-likeness (QED) is 0.386. The molecule has 0 atom stereocenters. The first-order valence-corrected chi connectivity index (χ1v) is 8.93.